The standard InChI is InChI=1S/C21H15ClF2N2O2/c1-28-19-8-6-14(23)10-15(19)12-5-7-18-17(9-12)25-21(27)26(18)11-13-3-2-4-16(22)20(13)24/h2-10H,11H2,1H3,(H,25,27). The Bertz CT molecular complexity index is 1250. The fraction of sp³-hybridized carbons (Fsp3) is 0.0952. The minimum atomic E-state index is -0.550. The van der Waals surface area contributed by atoms with Crippen LogP contribution >= 0.6 is 11.6 Å². The Labute approximate surface area is 164 Å². The van der Waals surface area contributed by atoms with Crippen molar-refractivity contribution in [3.8, 4) is 16.9 Å². The third-order valence-electron chi connectivity index (χ3n) is 4.61. The minimum absolute atomic E-state index is 0.00544. The monoisotopic (exact) mass is 400 g/mol. The van der Waals surface area contributed by atoms with E-state index in [0.717, 1.165) is 0 Å². The Morgan fingerprint density at radius 1 is 1.11 bits per heavy atom. The van der Waals surface area contributed by atoms with Crippen LogP contribution in [0.2, 0.25) is 5.02 Å². The van der Waals surface area contributed by atoms with Crippen molar-refractivity contribution in [1.29, 1.82) is 0 Å². The van der Waals surface area contributed by atoms with Gasteiger partial charge in [-0.3, -0.25) is 4.57 Å². The Morgan fingerprint density at radius 2 is 1.93 bits per heavy atom. The summed E-state index contributed by atoms with van der Waals surface area (Å²) in [6.07, 6.45) is 0. The van der Waals surface area contributed by atoms with Gasteiger partial charge < -0.3 is 9.72 Å². The van der Waals surface area contributed by atoms with Gasteiger partial charge in [-0.1, -0.05) is 29.8 Å². The van der Waals surface area contributed by atoms with Gasteiger partial charge in [0, 0.05) is 11.1 Å². The number of hydrogen-bond donors (Lipinski definition) is 1. The maximum Gasteiger partial charge on any atom is 0.326 e. The molecule has 1 N–H and O–H groups in total. The molecule has 0 saturated carbocycles. The maximum absolute atomic E-state index is 14.2. The van der Waals surface area contributed by atoms with E-state index in [2.05, 4.69) is 4.98 Å². The molecule has 7 heteroatoms. The summed E-state index contributed by atoms with van der Waals surface area (Å²) < 4.78 is 34.7. The lowest BCUT2D eigenvalue weighted by molar-refractivity contribution is 0.415. The van der Waals surface area contributed by atoms with Crippen molar-refractivity contribution in [3.63, 3.8) is 0 Å². The topological polar surface area (TPSA) is 47.0 Å². The zero-order valence-electron chi connectivity index (χ0n) is 14.8. The van der Waals surface area contributed by atoms with E-state index in [1.807, 2.05) is 0 Å². The second-order valence-corrected chi connectivity index (χ2v) is 6.71. The molecule has 142 valence electrons. The molecule has 0 atom stereocenters. The molecule has 0 aliphatic carbocycles. The van der Waals surface area contributed by atoms with Crippen LogP contribution in [-0.4, -0.2) is 16.7 Å². The summed E-state index contributed by atoms with van der Waals surface area (Å²) in [5, 5.41) is 0.00544. The van der Waals surface area contributed by atoms with Gasteiger partial charge in [0.1, 0.15) is 17.4 Å². The molecule has 0 amide bonds. The summed E-state index contributed by atoms with van der Waals surface area (Å²) in [6, 6.07) is 14.1. The summed E-state index contributed by atoms with van der Waals surface area (Å²) in [5.74, 6) is -0.423. The zero-order chi connectivity index (χ0) is 19.8. The molecular weight excluding hydrogens is 386 g/mol. The number of nitrogens with one attached hydrogen (secondary N) is 1. The molecule has 4 rings (SSSR count). The highest BCUT2D eigenvalue weighted by Gasteiger charge is 2.14. The molecule has 1 aromatic heterocycles. The van der Waals surface area contributed by atoms with E-state index in [4.69, 9.17) is 16.3 Å². The molecule has 0 aliphatic heterocycles. The first-order chi connectivity index (χ1) is 13.5. The zero-order valence-corrected chi connectivity index (χ0v) is 15.6. The van der Waals surface area contributed by atoms with Gasteiger partial charge in [-0.05, 0) is 42.0 Å². The Hall–Kier alpha value is -3.12. The molecule has 4 nitrogen and oxygen atoms in total. The van der Waals surface area contributed by atoms with Crippen LogP contribution in [0.3, 0.4) is 0 Å². The molecule has 4 aromatic rings. The lowest BCUT2D eigenvalue weighted by Gasteiger charge is -2.10. The van der Waals surface area contributed by atoms with Crippen molar-refractivity contribution in [2.45, 2.75) is 6.54 Å². The number of methoxy groups -OCH3 is 1. The molecule has 0 unspecified atom stereocenters. The lowest BCUT2D eigenvalue weighted by Crippen LogP contribution is -2.18. The minimum Gasteiger partial charge on any atom is -0.496 e. The third kappa shape index (κ3) is 3.16. The predicted octanol–water partition coefficient (Wildman–Crippen LogP) is 4.99. The first kappa shape index (κ1) is 18.3. The number of imidazole rings is 1. The smallest absolute Gasteiger partial charge is 0.326 e. The van der Waals surface area contributed by atoms with Gasteiger partial charge in [0.15, 0.2) is 0 Å². The van der Waals surface area contributed by atoms with Crippen LogP contribution in [0.15, 0.2) is 59.4 Å². The van der Waals surface area contributed by atoms with E-state index in [0.29, 0.717) is 33.5 Å². The fourth-order valence-corrected chi connectivity index (χ4v) is 3.43. The van der Waals surface area contributed by atoms with Crippen LogP contribution in [0.1, 0.15) is 5.56 Å². The lowest BCUT2D eigenvalue weighted by atomic mass is 10.0. The maximum atomic E-state index is 14.2. The van der Waals surface area contributed by atoms with Crippen LogP contribution in [-0.2, 0) is 6.54 Å². The summed E-state index contributed by atoms with van der Waals surface area (Å²) in [6.45, 7) is 0.0356. The molecule has 0 fully saturated rings. The van der Waals surface area contributed by atoms with Gasteiger partial charge in [0.05, 0.1) is 29.7 Å². The van der Waals surface area contributed by atoms with E-state index in [9.17, 15) is 13.6 Å². The highest BCUT2D eigenvalue weighted by atomic mass is 35.5. The van der Waals surface area contributed by atoms with Crippen molar-refractivity contribution in [2.24, 2.45) is 0 Å². The fourth-order valence-electron chi connectivity index (χ4n) is 3.23. The van der Waals surface area contributed by atoms with Crippen LogP contribution in [0, 0.1) is 11.6 Å². The van der Waals surface area contributed by atoms with E-state index >= 15 is 0 Å². The van der Waals surface area contributed by atoms with Gasteiger partial charge in [0.25, 0.3) is 0 Å². The van der Waals surface area contributed by atoms with Crippen LogP contribution in [0.4, 0.5) is 8.78 Å². The van der Waals surface area contributed by atoms with E-state index < -0.39 is 11.6 Å². The third-order valence-corrected chi connectivity index (χ3v) is 4.90. The van der Waals surface area contributed by atoms with Crippen molar-refractivity contribution < 1.29 is 13.5 Å². The van der Waals surface area contributed by atoms with Crippen molar-refractivity contribution in [1.82, 2.24) is 9.55 Å². The van der Waals surface area contributed by atoms with E-state index in [1.165, 1.54) is 29.9 Å². The van der Waals surface area contributed by atoms with Gasteiger partial charge in [0.2, 0.25) is 0 Å². The van der Waals surface area contributed by atoms with Crippen LogP contribution < -0.4 is 10.4 Å². The van der Waals surface area contributed by atoms with Gasteiger partial charge in [-0.2, -0.15) is 0 Å². The molecular formula is C21H15ClF2N2O2. The number of rotatable bonds is 4. The number of benzene rings is 3. The number of hydrogen-bond acceptors (Lipinski definition) is 2. The SMILES string of the molecule is COc1ccc(F)cc1-c1ccc2c(c1)[nH]c(=O)n2Cc1cccc(Cl)c1F. The van der Waals surface area contributed by atoms with Gasteiger partial charge in [-0.15, -0.1) is 0 Å². The first-order valence-corrected chi connectivity index (χ1v) is 8.85. The van der Waals surface area contributed by atoms with Crippen molar-refractivity contribution in [3.05, 3.63) is 87.3 Å². The van der Waals surface area contributed by atoms with Crippen LogP contribution in [0.25, 0.3) is 22.2 Å². The number of halogens is 3. The highest BCUT2D eigenvalue weighted by molar-refractivity contribution is 6.30. The average Bonchev–Trinajstić information content (AvgIpc) is 2.99. The highest BCUT2D eigenvalue weighted by Crippen LogP contribution is 2.32. The van der Waals surface area contributed by atoms with E-state index in [1.54, 1.807) is 36.4 Å². The number of ether oxygens (including phenoxy) is 1. The summed E-state index contributed by atoms with van der Waals surface area (Å²) in [7, 11) is 1.51. The predicted molar refractivity (Wildman–Crippen MR) is 105 cm³/mol. The molecule has 28 heavy (non-hydrogen) atoms. The second kappa shape index (κ2) is 7.13. The molecule has 0 aliphatic rings. The molecule has 0 radical (unpaired) electrons. The molecule has 1 heterocycles. The molecule has 0 bridgehead atoms. The summed E-state index contributed by atoms with van der Waals surface area (Å²) in [5.41, 5.74) is 2.34. The summed E-state index contributed by atoms with van der Waals surface area (Å²) >= 11 is 5.83. The molecule has 0 spiro atoms. The van der Waals surface area contributed by atoms with Gasteiger partial charge >= 0.3 is 5.69 Å². The number of aromatic amines is 1. The number of fused-ring (bicyclic) bond motifs is 1. The van der Waals surface area contributed by atoms with Crippen molar-refractivity contribution in [2.75, 3.05) is 7.11 Å². The Morgan fingerprint density at radius 3 is 2.71 bits per heavy atom. The number of H-pyrrole nitrogens is 1. The Balaban J connectivity index is 1.81. The second-order valence-electron chi connectivity index (χ2n) is 6.31. The van der Waals surface area contributed by atoms with Crippen LogP contribution in [0.5, 0.6) is 5.75 Å². The van der Waals surface area contributed by atoms with Gasteiger partial charge in [-0.25, -0.2) is 13.6 Å². The Kier molecular flexibility index (Phi) is 4.65. The van der Waals surface area contributed by atoms with Crippen molar-refractivity contribution >= 4 is 22.6 Å². The van der Waals surface area contributed by atoms with E-state index in [-0.39, 0.29) is 17.3 Å². The normalized spacial score (nSPS) is 11.1. The number of nitrogens with zero attached hydrogens (tertiary/aromatic N) is 1. The first-order valence-electron chi connectivity index (χ1n) is 8.47. The average molecular weight is 401 g/mol. The molecule has 0 saturated heterocycles. The largest absolute Gasteiger partial charge is 0.496 e. The molecule has 3 aromatic carbocycles. The summed E-state index contributed by atoms with van der Waals surface area (Å²) in [4.78, 5) is 15.2. The number of aromatic nitrogens is 2. The quantitative estimate of drug-likeness (QED) is 0.525.